The number of amides is 4. The van der Waals surface area contributed by atoms with E-state index in [1.165, 1.54) is 11.3 Å². The van der Waals surface area contributed by atoms with Crippen molar-refractivity contribution in [1.82, 2.24) is 4.90 Å². The third kappa shape index (κ3) is 4.82. The van der Waals surface area contributed by atoms with Gasteiger partial charge in [-0.1, -0.05) is 43.0 Å². The van der Waals surface area contributed by atoms with E-state index in [9.17, 15) is 19.2 Å². The molecule has 1 saturated carbocycles. The van der Waals surface area contributed by atoms with Crippen LogP contribution < -0.4 is 10.2 Å². The van der Waals surface area contributed by atoms with Crippen molar-refractivity contribution in [1.29, 1.82) is 0 Å². The molecule has 1 N–H and O–H groups in total. The van der Waals surface area contributed by atoms with Gasteiger partial charge in [0.05, 0.1) is 23.1 Å². The smallest absolute Gasteiger partial charge is 0.257 e. The van der Waals surface area contributed by atoms with E-state index in [0.29, 0.717) is 29.8 Å². The van der Waals surface area contributed by atoms with Gasteiger partial charge in [-0.2, -0.15) is 0 Å². The first-order chi connectivity index (χ1) is 17.8. The molecule has 0 unspecified atom stereocenters. The third-order valence-electron chi connectivity index (χ3n) is 8.05. The average molecular weight is 500 g/mol. The molecular formula is C30H33N3O4. The van der Waals surface area contributed by atoms with Gasteiger partial charge < -0.3 is 10.2 Å². The Hall–Kier alpha value is -3.74. The fourth-order valence-electron chi connectivity index (χ4n) is 5.87. The molecule has 0 aromatic heterocycles. The number of carbonyl (C=O) groups is 4. The Morgan fingerprint density at radius 2 is 1.59 bits per heavy atom. The number of imide groups is 1. The molecular weight excluding hydrogens is 466 g/mol. The molecule has 1 saturated heterocycles. The van der Waals surface area contributed by atoms with Gasteiger partial charge in [-0.25, -0.2) is 4.90 Å². The highest BCUT2D eigenvalue weighted by Crippen LogP contribution is 2.40. The lowest BCUT2D eigenvalue weighted by Gasteiger charge is -2.31. The maximum atomic E-state index is 13.3. The summed E-state index contributed by atoms with van der Waals surface area (Å²) in [5.74, 6) is -1.67. The van der Waals surface area contributed by atoms with Gasteiger partial charge in [-0.15, -0.1) is 0 Å². The van der Waals surface area contributed by atoms with Crippen molar-refractivity contribution in [2.45, 2.75) is 57.9 Å². The summed E-state index contributed by atoms with van der Waals surface area (Å²) >= 11 is 0. The number of anilines is 2. The van der Waals surface area contributed by atoms with Crippen molar-refractivity contribution >= 4 is 35.0 Å². The number of carbonyl (C=O) groups excluding carboxylic acids is 4. The molecule has 5 rings (SSSR count). The predicted octanol–water partition coefficient (Wildman–Crippen LogP) is 5.19. The molecule has 1 aliphatic heterocycles. The fourth-order valence-corrected chi connectivity index (χ4v) is 5.87. The fraction of sp³-hybridized carbons (Fsp3) is 0.400. The van der Waals surface area contributed by atoms with Crippen LogP contribution >= 0.6 is 0 Å². The average Bonchev–Trinajstić information content (AvgIpc) is 3.17. The number of nitrogens with one attached hydrogen (secondary N) is 1. The Morgan fingerprint density at radius 3 is 2.32 bits per heavy atom. The lowest BCUT2D eigenvalue weighted by Crippen LogP contribution is -2.38. The van der Waals surface area contributed by atoms with Gasteiger partial charge in [0.15, 0.2) is 0 Å². The zero-order valence-electron chi connectivity index (χ0n) is 21.4. The van der Waals surface area contributed by atoms with E-state index in [1.54, 1.807) is 48.5 Å². The minimum absolute atomic E-state index is 0.0210. The van der Waals surface area contributed by atoms with Crippen molar-refractivity contribution in [3.8, 4) is 0 Å². The van der Waals surface area contributed by atoms with Gasteiger partial charge in [-0.3, -0.25) is 19.2 Å². The second-order valence-corrected chi connectivity index (χ2v) is 10.5. The number of nitrogens with zero attached hydrogens (tertiary/aromatic N) is 2. The van der Waals surface area contributed by atoms with E-state index in [4.69, 9.17) is 0 Å². The first-order valence-corrected chi connectivity index (χ1v) is 13.2. The first-order valence-electron chi connectivity index (χ1n) is 13.2. The lowest BCUT2D eigenvalue weighted by molar-refractivity contribution is -0.122. The molecule has 192 valence electrons. The molecule has 2 aromatic carbocycles. The van der Waals surface area contributed by atoms with Crippen molar-refractivity contribution in [3.05, 3.63) is 71.3 Å². The Balaban J connectivity index is 1.30. The summed E-state index contributed by atoms with van der Waals surface area (Å²) in [5, 5.41) is 2.86. The zero-order chi connectivity index (χ0) is 26.1. The summed E-state index contributed by atoms with van der Waals surface area (Å²) in [5.41, 5.74) is 2.78. The molecule has 0 spiro atoms. The Morgan fingerprint density at radius 1 is 0.919 bits per heavy atom. The van der Waals surface area contributed by atoms with Crippen LogP contribution in [-0.2, 0) is 9.59 Å². The number of benzene rings is 2. The van der Waals surface area contributed by atoms with Gasteiger partial charge in [0.2, 0.25) is 11.8 Å². The first kappa shape index (κ1) is 24.9. The number of allylic oxidation sites excluding steroid dienone is 2. The Bertz CT molecular complexity index is 1260. The molecule has 7 heteroatoms. The van der Waals surface area contributed by atoms with Crippen LogP contribution in [0.5, 0.6) is 0 Å². The van der Waals surface area contributed by atoms with Gasteiger partial charge in [0.25, 0.3) is 11.8 Å². The minimum Gasteiger partial charge on any atom is -0.339 e. The van der Waals surface area contributed by atoms with Crippen LogP contribution in [0, 0.1) is 11.8 Å². The van der Waals surface area contributed by atoms with Crippen LogP contribution in [0.15, 0.2) is 60.2 Å². The zero-order valence-corrected chi connectivity index (χ0v) is 21.4. The van der Waals surface area contributed by atoms with Crippen LogP contribution in [0.25, 0.3) is 0 Å². The second-order valence-electron chi connectivity index (χ2n) is 10.5. The van der Waals surface area contributed by atoms with Gasteiger partial charge in [0, 0.05) is 24.3 Å². The molecule has 2 atom stereocenters. The minimum atomic E-state index is -0.418. The van der Waals surface area contributed by atoms with E-state index in [2.05, 4.69) is 5.32 Å². The van der Waals surface area contributed by atoms with Crippen LogP contribution in [0.3, 0.4) is 0 Å². The van der Waals surface area contributed by atoms with Crippen LogP contribution in [0.2, 0.25) is 0 Å². The molecule has 1 heterocycles. The molecule has 3 aliphatic rings. The van der Waals surface area contributed by atoms with E-state index < -0.39 is 5.91 Å². The molecule has 2 aromatic rings. The number of rotatable bonds is 5. The standard InChI is InChI=1S/C30H33N3O4/c1-19-12-17-23-25(18-19)30(37)33(29(23)36)26-11-7-6-10-24(26)27(34)31-21-15-13-20(14-16-21)28(35)32(2)22-8-4-3-5-9-22/h6-7,10-16,22-23,25H,3-5,8-9,17-18H2,1-2H3,(H,31,34)/t23-,25-/m0/s1. The van der Waals surface area contributed by atoms with Crippen LogP contribution in [0.1, 0.15) is 72.6 Å². The second kappa shape index (κ2) is 10.3. The van der Waals surface area contributed by atoms with E-state index in [-0.39, 0.29) is 41.2 Å². The van der Waals surface area contributed by atoms with Crippen molar-refractivity contribution < 1.29 is 19.2 Å². The number of fused-ring (bicyclic) bond motifs is 1. The molecule has 7 nitrogen and oxygen atoms in total. The molecule has 37 heavy (non-hydrogen) atoms. The van der Waals surface area contributed by atoms with Gasteiger partial charge >= 0.3 is 0 Å². The van der Waals surface area contributed by atoms with E-state index in [1.807, 2.05) is 24.9 Å². The monoisotopic (exact) mass is 499 g/mol. The quantitative estimate of drug-likeness (QED) is 0.453. The molecule has 2 aliphatic carbocycles. The molecule has 0 radical (unpaired) electrons. The molecule has 2 fully saturated rings. The van der Waals surface area contributed by atoms with Crippen molar-refractivity contribution in [2.75, 3.05) is 17.3 Å². The topological polar surface area (TPSA) is 86.8 Å². The largest absolute Gasteiger partial charge is 0.339 e. The summed E-state index contributed by atoms with van der Waals surface area (Å²) in [6, 6.07) is 13.8. The summed E-state index contributed by atoms with van der Waals surface area (Å²) in [7, 11) is 1.86. The summed E-state index contributed by atoms with van der Waals surface area (Å²) < 4.78 is 0. The van der Waals surface area contributed by atoms with E-state index >= 15 is 0 Å². The Kier molecular flexibility index (Phi) is 6.96. The summed E-state index contributed by atoms with van der Waals surface area (Å²) in [6.07, 6.45) is 8.76. The highest BCUT2D eigenvalue weighted by Gasteiger charge is 2.49. The molecule has 0 bridgehead atoms. The highest BCUT2D eigenvalue weighted by atomic mass is 16.2. The Labute approximate surface area is 217 Å². The normalized spacial score (nSPS) is 21.9. The van der Waals surface area contributed by atoms with E-state index in [0.717, 1.165) is 31.3 Å². The SMILES string of the molecule is CC1=CC[C@@H]2C(=O)N(c3ccccc3C(=O)Nc3ccc(C(=O)N(C)C4CCCCC4)cc3)C(=O)[C@H]2C1. The van der Waals surface area contributed by atoms with Crippen molar-refractivity contribution in [3.63, 3.8) is 0 Å². The molecule has 4 amide bonds. The van der Waals surface area contributed by atoms with Gasteiger partial charge in [0.1, 0.15) is 0 Å². The van der Waals surface area contributed by atoms with Gasteiger partial charge in [-0.05, 0) is 69.0 Å². The number of para-hydroxylation sites is 1. The summed E-state index contributed by atoms with van der Waals surface area (Å²) in [6.45, 7) is 1.98. The highest BCUT2D eigenvalue weighted by molar-refractivity contribution is 6.25. The lowest BCUT2D eigenvalue weighted by atomic mass is 9.82. The predicted molar refractivity (Wildman–Crippen MR) is 142 cm³/mol. The van der Waals surface area contributed by atoms with Crippen LogP contribution in [-0.4, -0.2) is 41.6 Å². The maximum Gasteiger partial charge on any atom is 0.257 e. The number of hydrogen-bond donors (Lipinski definition) is 1. The number of hydrogen-bond acceptors (Lipinski definition) is 4. The van der Waals surface area contributed by atoms with Crippen molar-refractivity contribution in [2.24, 2.45) is 11.8 Å². The van der Waals surface area contributed by atoms with Crippen LogP contribution in [0.4, 0.5) is 11.4 Å². The summed E-state index contributed by atoms with van der Waals surface area (Å²) in [4.78, 5) is 55.6. The third-order valence-corrected chi connectivity index (χ3v) is 8.05. The maximum absolute atomic E-state index is 13.3.